The number of hydrogen-bond acceptors (Lipinski definition) is 3. The fraction of sp³-hybridized carbons (Fsp3) is 0.588. The number of guanidine groups is 1. The summed E-state index contributed by atoms with van der Waals surface area (Å²) in [5.41, 5.74) is 2.22. The Morgan fingerprint density at radius 1 is 1.24 bits per heavy atom. The van der Waals surface area contributed by atoms with Crippen molar-refractivity contribution in [2.75, 3.05) is 47.4 Å². The molecule has 0 radical (unpaired) electrons. The van der Waals surface area contributed by atoms with E-state index in [2.05, 4.69) is 15.6 Å². The van der Waals surface area contributed by atoms with Gasteiger partial charge in [0.2, 0.25) is 0 Å². The Balaban J connectivity index is 2.33. The predicted molar refractivity (Wildman–Crippen MR) is 94.4 cm³/mol. The highest BCUT2D eigenvalue weighted by Crippen LogP contribution is 2.19. The summed E-state index contributed by atoms with van der Waals surface area (Å²) in [6.45, 7) is 2.38. The minimum Gasteiger partial charge on any atom is -0.496 e. The van der Waals surface area contributed by atoms with E-state index in [1.54, 1.807) is 14.2 Å². The summed E-state index contributed by atoms with van der Waals surface area (Å²) in [5, 5.41) is 6.16. The topological polar surface area (TPSA) is 48.9 Å². The molecule has 0 heterocycles. The minimum atomic E-state index is -4.18. The molecule has 142 valence electrons. The zero-order chi connectivity index (χ0) is 18.9. The molecule has 0 saturated heterocycles. The van der Waals surface area contributed by atoms with Crippen molar-refractivity contribution in [1.82, 2.24) is 15.5 Å². The van der Waals surface area contributed by atoms with E-state index in [-0.39, 0.29) is 6.54 Å². The highest BCUT2D eigenvalue weighted by Gasteiger charge is 2.28. The third-order valence-electron chi connectivity index (χ3n) is 3.64. The molecule has 0 spiro atoms. The Morgan fingerprint density at radius 3 is 2.52 bits per heavy atom. The van der Waals surface area contributed by atoms with Crippen molar-refractivity contribution in [3.8, 4) is 5.75 Å². The van der Waals surface area contributed by atoms with E-state index in [0.717, 1.165) is 23.3 Å². The van der Waals surface area contributed by atoms with E-state index < -0.39 is 12.7 Å². The average molecular weight is 360 g/mol. The standard InChI is InChI=1S/C17H27F3N4O/c1-13-5-6-14(11-15(13)25-4)7-8-22-16(21-2)23-9-10-24(3)12-17(18,19)20/h5-6,11H,7-10,12H2,1-4H3,(H2,21,22,23). The van der Waals surface area contributed by atoms with E-state index >= 15 is 0 Å². The van der Waals surface area contributed by atoms with E-state index in [0.29, 0.717) is 19.0 Å². The number of methoxy groups -OCH3 is 1. The molecule has 0 amide bonds. The molecular formula is C17H27F3N4O. The van der Waals surface area contributed by atoms with Crippen LogP contribution in [0.15, 0.2) is 23.2 Å². The van der Waals surface area contributed by atoms with Gasteiger partial charge < -0.3 is 15.4 Å². The average Bonchev–Trinajstić information content (AvgIpc) is 2.53. The van der Waals surface area contributed by atoms with Crippen molar-refractivity contribution in [1.29, 1.82) is 0 Å². The lowest BCUT2D eigenvalue weighted by atomic mass is 10.1. The number of benzene rings is 1. The second-order valence-corrected chi connectivity index (χ2v) is 5.83. The van der Waals surface area contributed by atoms with Crippen molar-refractivity contribution in [3.05, 3.63) is 29.3 Å². The van der Waals surface area contributed by atoms with Crippen LogP contribution in [0.3, 0.4) is 0 Å². The Morgan fingerprint density at radius 2 is 1.92 bits per heavy atom. The first-order chi connectivity index (χ1) is 11.7. The Hall–Kier alpha value is -1.96. The normalized spacial score (nSPS) is 12.4. The van der Waals surface area contributed by atoms with Gasteiger partial charge in [0.05, 0.1) is 13.7 Å². The molecule has 0 aromatic heterocycles. The number of aliphatic imine (C=N–C) groups is 1. The molecule has 0 aliphatic rings. The van der Waals surface area contributed by atoms with Gasteiger partial charge in [0.15, 0.2) is 5.96 Å². The number of alkyl halides is 3. The predicted octanol–water partition coefficient (Wildman–Crippen LogP) is 2.21. The molecule has 0 aliphatic heterocycles. The van der Waals surface area contributed by atoms with Gasteiger partial charge >= 0.3 is 6.18 Å². The molecule has 25 heavy (non-hydrogen) atoms. The molecule has 0 fully saturated rings. The van der Waals surface area contributed by atoms with E-state index in [1.165, 1.54) is 11.9 Å². The quantitative estimate of drug-likeness (QED) is 0.551. The van der Waals surface area contributed by atoms with Crippen LogP contribution in [0.2, 0.25) is 0 Å². The van der Waals surface area contributed by atoms with Gasteiger partial charge in [-0.25, -0.2) is 0 Å². The summed E-state index contributed by atoms with van der Waals surface area (Å²) in [5.74, 6) is 1.42. The van der Waals surface area contributed by atoms with Crippen LogP contribution in [0.5, 0.6) is 5.75 Å². The van der Waals surface area contributed by atoms with Crippen LogP contribution in [-0.2, 0) is 6.42 Å². The van der Waals surface area contributed by atoms with E-state index in [4.69, 9.17) is 4.74 Å². The van der Waals surface area contributed by atoms with Gasteiger partial charge in [-0.3, -0.25) is 9.89 Å². The van der Waals surface area contributed by atoms with Crippen LogP contribution in [0.25, 0.3) is 0 Å². The number of likely N-dealkylation sites (N-methyl/N-ethyl adjacent to an activating group) is 1. The zero-order valence-electron chi connectivity index (χ0n) is 15.2. The summed E-state index contributed by atoms with van der Waals surface area (Å²) >= 11 is 0. The Kier molecular flexibility index (Phi) is 8.54. The fourth-order valence-electron chi connectivity index (χ4n) is 2.32. The number of aryl methyl sites for hydroxylation is 1. The second kappa shape index (κ2) is 10.1. The molecule has 5 nitrogen and oxygen atoms in total. The van der Waals surface area contributed by atoms with Gasteiger partial charge in [0.25, 0.3) is 0 Å². The second-order valence-electron chi connectivity index (χ2n) is 5.83. The molecule has 0 unspecified atom stereocenters. The molecule has 0 atom stereocenters. The lowest BCUT2D eigenvalue weighted by Gasteiger charge is -2.19. The molecule has 8 heteroatoms. The van der Waals surface area contributed by atoms with Gasteiger partial charge in [0.1, 0.15) is 5.75 Å². The number of ether oxygens (including phenoxy) is 1. The molecule has 1 aromatic rings. The van der Waals surface area contributed by atoms with Crippen LogP contribution in [0.1, 0.15) is 11.1 Å². The first-order valence-corrected chi connectivity index (χ1v) is 8.08. The molecule has 1 aromatic carbocycles. The number of nitrogens with one attached hydrogen (secondary N) is 2. The van der Waals surface area contributed by atoms with Crippen LogP contribution in [-0.4, -0.2) is 64.4 Å². The van der Waals surface area contributed by atoms with Crippen LogP contribution in [0, 0.1) is 6.92 Å². The maximum Gasteiger partial charge on any atom is 0.401 e. The lowest BCUT2D eigenvalue weighted by molar-refractivity contribution is -0.142. The number of halogens is 3. The van der Waals surface area contributed by atoms with Crippen molar-refractivity contribution in [2.45, 2.75) is 19.5 Å². The summed E-state index contributed by atoms with van der Waals surface area (Å²) in [6.07, 6.45) is -3.39. The van der Waals surface area contributed by atoms with Gasteiger partial charge in [0, 0.05) is 26.7 Å². The van der Waals surface area contributed by atoms with E-state index in [9.17, 15) is 13.2 Å². The number of rotatable bonds is 8. The van der Waals surface area contributed by atoms with Crippen LogP contribution < -0.4 is 15.4 Å². The minimum absolute atomic E-state index is 0.273. The molecule has 0 aliphatic carbocycles. The maximum atomic E-state index is 12.3. The molecular weight excluding hydrogens is 333 g/mol. The number of nitrogens with zero attached hydrogens (tertiary/aromatic N) is 2. The first kappa shape index (κ1) is 21.1. The Labute approximate surface area is 147 Å². The summed E-state index contributed by atoms with van der Waals surface area (Å²) < 4.78 is 42.1. The third-order valence-corrected chi connectivity index (χ3v) is 3.64. The molecule has 1 rings (SSSR count). The third kappa shape index (κ3) is 8.62. The van der Waals surface area contributed by atoms with Gasteiger partial charge in [-0.05, 0) is 37.6 Å². The van der Waals surface area contributed by atoms with Gasteiger partial charge in [-0.15, -0.1) is 0 Å². The largest absolute Gasteiger partial charge is 0.496 e. The first-order valence-electron chi connectivity index (χ1n) is 8.08. The Bertz CT molecular complexity index is 561. The monoisotopic (exact) mass is 360 g/mol. The van der Waals surface area contributed by atoms with Crippen molar-refractivity contribution in [3.63, 3.8) is 0 Å². The fourth-order valence-corrected chi connectivity index (χ4v) is 2.32. The summed E-state index contributed by atoms with van der Waals surface area (Å²) in [4.78, 5) is 5.29. The molecule has 0 saturated carbocycles. The van der Waals surface area contributed by atoms with Crippen LogP contribution >= 0.6 is 0 Å². The van der Waals surface area contributed by atoms with Crippen molar-refractivity contribution >= 4 is 5.96 Å². The zero-order valence-corrected chi connectivity index (χ0v) is 15.2. The lowest BCUT2D eigenvalue weighted by Crippen LogP contribution is -2.42. The maximum absolute atomic E-state index is 12.3. The van der Waals surface area contributed by atoms with Crippen molar-refractivity contribution < 1.29 is 17.9 Å². The SMILES string of the molecule is CN=C(NCCc1ccc(C)c(OC)c1)NCCN(C)CC(F)(F)F. The number of hydrogen-bond donors (Lipinski definition) is 2. The van der Waals surface area contributed by atoms with Gasteiger partial charge in [-0.1, -0.05) is 12.1 Å². The van der Waals surface area contributed by atoms with Crippen LogP contribution in [0.4, 0.5) is 13.2 Å². The highest BCUT2D eigenvalue weighted by atomic mass is 19.4. The summed E-state index contributed by atoms with van der Waals surface area (Å²) in [7, 11) is 4.71. The van der Waals surface area contributed by atoms with Crippen molar-refractivity contribution in [2.24, 2.45) is 4.99 Å². The van der Waals surface area contributed by atoms with E-state index in [1.807, 2.05) is 25.1 Å². The smallest absolute Gasteiger partial charge is 0.401 e. The molecule has 2 N–H and O–H groups in total. The summed E-state index contributed by atoms with van der Waals surface area (Å²) in [6, 6.07) is 6.05. The van der Waals surface area contributed by atoms with Gasteiger partial charge in [-0.2, -0.15) is 13.2 Å². The molecule has 0 bridgehead atoms. The highest BCUT2D eigenvalue weighted by molar-refractivity contribution is 5.79.